The second kappa shape index (κ2) is 9.36. The molecule has 0 amide bonds. The lowest BCUT2D eigenvalue weighted by molar-refractivity contribution is 0.654. The molecule has 0 spiro atoms. The molecular weight excluding hydrogens is 579 g/mol. The molecule has 7 aromatic carbocycles. The molecule has 0 bridgehead atoms. The van der Waals surface area contributed by atoms with Crippen molar-refractivity contribution in [2.75, 3.05) is 0 Å². The summed E-state index contributed by atoms with van der Waals surface area (Å²) in [5.41, 5.74) is 18.7. The Bertz CT molecular complexity index is 2660. The molecule has 0 unspecified atom stereocenters. The molecule has 0 radical (unpaired) electrons. The molecule has 0 fully saturated rings. The van der Waals surface area contributed by atoms with Crippen molar-refractivity contribution in [1.82, 2.24) is 4.57 Å². The summed E-state index contributed by atoms with van der Waals surface area (Å²) in [4.78, 5) is 0. The van der Waals surface area contributed by atoms with Gasteiger partial charge in [-0.25, -0.2) is 0 Å². The lowest BCUT2D eigenvalue weighted by Crippen LogP contribution is -2.17. The molecule has 10 rings (SSSR count). The summed E-state index contributed by atoms with van der Waals surface area (Å²) in [5.74, 6) is 0. The van der Waals surface area contributed by atoms with Crippen molar-refractivity contribution >= 4 is 32.6 Å². The first-order valence-corrected chi connectivity index (χ1v) is 17.2. The van der Waals surface area contributed by atoms with Gasteiger partial charge in [0, 0.05) is 27.3 Å². The van der Waals surface area contributed by atoms with E-state index in [0.717, 1.165) is 0 Å². The van der Waals surface area contributed by atoms with Gasteiger partial charge in [-0.3, -0.25) is 0 Å². The second-order valence-corrected chi connectivity index (χ2v) is 15.1. The van der Waals surface area contributed by atoms with Crippen molar-refractivity contribution in [3.63, 3.8) is 0 Å². The molecule has 2 aliphatic rings. The molecular formula is C47H37N. The van der Waals surface area contributed by atoms with Gasteiger partial charge in [0.2, 0.25) is 0 Å². The number of hydrogen-bond acceptors (Lipinski definition) is 0. The molecule has 1 aromatic heterocycles. The third kappa shape index (κ3) is 3.57. The van der Waals surface area contributed by atoms with Gasteiger partial charge in [0.15, 0.2) is 0 Å². The number of hydrogen-bond donors (Lipinski definition) is 0. The molecule has 0 N–H and O–H groups in total. The normalized spacial score (nSPS) is 15.1. The zero-order valence-corrected chi connectivity index (χ0v) is 28.1. The van der Waals surface area contributed by atoms with Crippen LogP contribution in [0.1, 0.15) is 55.5 Å². The largest absolute Gasteiger partial charge is 0.309 e. The number of nitrogens with zero attached hydrogens (tertiary/aromatic N) is 1. The van der Waals surface area contributed by atoms with Crippen LogP contribution < -0.4 is 0 Å². The third-order valence-corrected chi connectivity index (χ3v) is 11.6. The van der Waals surface area contributed by atoms with Crippen LogP contribution in [0, 0.1) is 6.92 Å². The highest BCUT2D eigenvalue weighted by Gasteiger charge is 2.42. The highest BCUT2D eigenvalue weighted by molar-refractivity contribution is 6.10. The van der Waals surface area contributed by atoms with Crippen LogP contribution in [0.2, 0.25) is 0 Å². The third-order valence-electron chi connectivity index (χ3n) is 11.6. The van der Waals surface area contributed by atoms with Gasteiger partial charge in [-0.2, -0.15) is 0 Å². The van der Waals surface area contributed by atoms with Crippen molar-refractivity contribution in [2.24, 2.45) is 0 Å². The molecule has 1 heteroatoms. The van der Waals surface area contributed by atoms with Gasteiger partial charge in [-0.1, -0.05) is 130 Å². The predicted molar refractivity (Wildman–Crippen MR) is 204 cm³/mol. The van der Waals surface area contributed by atoms with E-state index in [4.69, 9.17) is 0 Å². The molecule has 1 heterocycles. The zero-order valence-electron chi connectivity index (χ0n) is 28.1. The van der Waals surface area contributed by atoms with Crippen molar-refractivity contribution in [3.8, 4) is 39.1 Å². The fourth-order valence-electron chi connectivity index (χ4n) is 9.18. The van der Waals surface area contributed by atoms with Gasteiger partial charge in [0.1, 0.15) is 0 Å². The van der Waals surface area contributed by atoms with Crippen LogP contribution in [0.25, 0.3) is 71.6 Å². The van der Waals surface area contributed by atoms with Crippen molar-refractivity contribution in [3.05, 3.63) is 161 Å². The van der Waals surface area contributed by atoms with E-state index in [9.17, 15) is 0 Å². The van der Waals surface area contributed by atoms with E-state index in [1.165, 1.54) is 99.5 Å². The minimum absolute atomic E-state index is 0.0208. The van der Waals surface area contributed by atoms with Crippen molar-refractivity contribution in [1.29, 1.82) is 0 Å². The molecule has 8 aromatic rings. The fraction of sp³-hybridized carbons (Fsp3) is 0.149. The molecule has 48 heavy (non-hydrogen) atoms. The van der Waals surface area contributed by atoms with Crippen LogP contribution in [0.15, 0.2) is 133 Å². The topological polar surface area (TPSA) is 4.93 Å². The van der Waals surface area contributed by atoms with Gasteiger partial charge in [0.05, 0.1) is 11.0 Å². The first-order chi connectivity index (χ1) is 23.2. The quantitative estimate of drug-likeness (QED) is 0.182. The molecule has 0 atom stereocenters. The Morgan fingerprint density at radius 3 is 1.94 bits per heavy atom. The number of aromatic nitrogens is 1. The van der Waals surface area contributed by atoms with Gasteiger partial charge < -0.3 is 4.57 Å². The van der Waals surface area contributed by atoms with Gasteiger partial charge in [-0.15, -0.1) is 0 Å². The number of fused-ring (bicyclic) bond motifs is 11. The first-order valence-electron chi connectivity index (χ1n) is 17.2. The fourth-order valence-corrected chi connectivity index (χ4v) is 9.18. The SMILES string of the molecule is Cc1ccc2c(c1)C(C)(C)c1cc3c(cc1-2)C(C)(C)c1c-3ccc2cc(-n3c4ccccc4c4ccc(-c5ccccc5)cc43)ccc12. The molecule has 0 saturated heterocycles. The van der Waals surface area contributed by atoms with Crippen LogP contribution in [0.3, 0.4) is 0 Å². The number of benzene rings is 7. The minimum Gasteiger partial charge on any atom is -0.309 e. The van der Waals surface area contributed by atoms with E-state index in [-0.39, 0.29) is 10.8 Å². The maximum atomic E-state index is 2.52. The van der Waals surface area contributed by atoms with Gasteiger partial charge in [0.25, 0.3) is 0 Å². The first kappa shape index (κ1) is 27.7. The van der Waals surface area contributed by atoms with E-state index in [2.05, 4.69) is 173 Å². The highest BCUT2D eigenvalue weighted by Crippen LogP contribution is 2.57. The van der Waals surface area contributed by atoms with Crippen LogP contribution in [-0.4, -0.2) is 4.57 Å². The zero-order chi connectivity index (χ0) is 32.5. The Morgan fingerprint density at radius 2 is 1.10 bits per heavy atom. The van der Waals surface area contributed by atoms with Gasteiger partial charge >= 0.3 is 0 Å². The maximum Gasteiger partial charge on any atom is 0.0547 e. The Kier molecular flexibility index (Phi) is 5.40. The molecule has 1 nitrogen and oxygen atoms in total. The maximum absolute atomic E-state index is 2.52. The standard InChI is InChI=1S/C47H37N/c1-28-15-19-34-38-26-42-39(27-41(38)46(2,3)40(34)23-28)37-21-17-31-24-32(18-22-33(31)45(37)47(42,4)5)48-43-14-10-9-13-35(43)36-20-16-30(25-44(36)48)29-11-7-6-8-12-29/h6-27H,1-5H3. The average molecular weight is 616 g/mol. The second-order valence-electron chi connectivity index (χ2n) is 15.1. The lowest BCUT2D eigenvalue weighted by Gasteiger charge is -2.25. The smallest absolute Gasteiger partial charge is 0.0547 e. The van der Waals surface area contributed by atoms with Crippen LogP contribution in [0.5, 0.6) is 0 Å². The number of aryl methyl sites for hydroxylation is 1. The summed E-state index contributed by atoms with van der Waals surface area (Å²) < 4.78 is 2.45. The highest BCUT2D eigenvalue weighted by atomic mass is 15.0. The Hall–Kier alpha value is -5.40. The summed E-state index contributed by atoms with van der Waals surface area (Å²) in [5, 5.41) is 5.19. The van der Waals surface area contributed by atoms with Crippen LogP contribution >= 0.6 is 0 Å². The monoisotopic (exact) mass is 615 g/mol. The molecule has 2 aliphatic carbocycles. The van der Waals surface area contributed by atoms with Gasteiger partial charge in [-0.05, 0) is 110 Å². The van der Waals surface area contributed by atoms with E-state index < -0.39 is 0 Å². The van der Waals surface area contributed by atoms with Crippen molar-refractivity contribution < 1.29 is 0 Å². The summed E-state index contributed by atoms with van der Waals surface area (Å²) in [6.45, 7) is 11.8. The Balaban J connectivity index is 1.16. The van der Waals surface area contributed by atoms with Crippen LogP contribution in [0.4, 0.5) is 0 Å². The predicted octanol–water partition coefficient (Wildman–Crippen LogP) is 12.5. The van der Waals surface area contributed by atoms with Crippen LogP contribution in [-0.2, 0) is 10.8 Å². The average Bonchev–Trinajstić information content (AvgIpc) is 3.64. The van der Waals surface area contributed by atoms with E-state index in [1.807, 2.05) is 0 Å². The Morgan fingerprint density at radius 1 is 0.438 bits per heavy atom. The summed E-state index contributed by atoms with van der Waals surface area (Å²) in [6.07, 6.45) is 0. The number of para-hydroxylation sites is 1. The van der Waals surface area contributed by atoms with E-state index in [0.29, 0.717) is 0 Å². The summed E-state index contributed by atoms with van der Waals surface area (Å²) in [6, 6.07) is 50.3. The molecule has 0 aliphatic heterocycles. The van der Waals surface area contributed by atoms with Crippen molar-refractivity contribution in [2.45, 2.75) is 45.4 Å². The Labute approximate surface area is 282 Å². The minimum atomic E-state index is -0.115. The van der Waals surface area contributed by atoms with E-state index >= 15 is 0 Å². The molecule has 230 valence electrons. The lowest BCUT2D eigenvalue weighted by atomic mass is 9.78. The summed E-state index contributed by atoms with van der Waals surface area (Å²) in [7, 11) is 0. The molecule has 0 saturated carbocycles. The number of rotatable bonds is 2. The van der Waals surface area contributed by atoms with E-state index in [1.54, 1.807) is 0 Å². The summed E-state index contributed by atoms with van der Waals surface area (Å²) >= 11 is 0.